The first-order chi connectivity index (χ1) is 17.0. The minimum absolute atomic E-state index is 0.267. The number of nitrogens with zero attached hydrogens (tertiary/aromatic N) is 1. The number of ether oxygens (including phenoxy) is 1. The van der Waals surface area contributed by atoms with E-state index in [1.807, 2.05) is 36.4 Å². The average molecular weight is 582 g/mol. The van der Waals surface area contributed by atoms with E-state index in [1.165, 1.54) is 62.5 Å². The number of hydrogen-bond acceptors (Lipinski definition) is 3. The molecule has 0 bridgehead atoms. The predicted octanol–water partition coefficient (Wildman–Crippen LogP) is 8.40. The number of carbonyl (C=O) groups is 1. The molecule has 0 saturated heterocycles. The molecule has 2 aromatic rings. The summed E-state index contributed by atoms with van der Waals surface area (Å²) in [7, 11) is 1.47. The quantitative estimate of drug-likeness (QED) is 0.113. The second-order valence-corrected chi connectivity index (χ2v) is 23.3. The molecular weight excluding hydrogens is 537 g/mol. The topological polar surface area (TPSA) is 38.7 Å². The summed E-state index contributed by atoms with van der Waals surface area (Å²) >= 11 is -2.70. The van der Waals surface area contributed by atoms with Crippen molar-refractivity contribution in [2.45, 2.75) is 85.1 Å². The van der Waals surface area contributed by atoms with Gasteiger partial charge in [0.2, 0.25) is 0 Å². The summed E-state index contributed by atoms with van der Waals surface area (Å²) in [4.78, 5) is 18.2. The van der Waals surface area contributed by atoms with Crippen molar-refractivity contribution in [3.8, 4) is 0 Å². The van der Waals surface area contributed by atoms with Gasteiger partial charge in [0, 0.05) is 0 Å². The van der Waals surface area contributed by atoms with Gasteiger partial charge in [-0.25, -0.2) is 0 Å². The third kappa shape index (κ3) is 8.93. The number of carbonyl (C=O) groups excluding carboxylic acids is 1. The fourth-order valence-electron chi connectivity index (χ4n) is 4.88. The Labute approximate surface area is 218 Å². The second-order valence-electron chi connectivity index (χ2n) is 9.65. The molecule has 0 fully saturated rings. The summed E-state index contributed by atoms with van der Waals surface area (Å²) in [6.07, 6.45) is 8.08. The Balaban J connectivity index is 2.49. The van der Waals surface area contributed by atoms with Gasteiger partial charge in [-0.15, -0.1) is 0 Å². The van der Waals surface area contributed by atoms with Gasteiger partial charge in [0.25, 0.3) is 0 Å². The minimum atomic E-state index is -2.70. The average Bonchev–Trinajstić information content (AvgIpc) is 2.91. The van der Waals surface area contributed by atoms with Gasteiger partial charge in [0.1, 0.15) is 0 Å². The number of methoxy groups -OCH3 is 1. The zero-order chi connectivity index (χ0) is 25.5. The summed E-state index contributed by atoms with van der Waals surface area (Å²) in [6.45, 7) is 11.6. The van der Waals surface area contributed by atoms with Crippen LogP contribution in [0.3, 0.4) is 0 Å². The fraction of sp³-hybridized carbons (Fsp3) is 0.484. The van der Waals surface area contributed by atoms with Crippen molar-refractivity contribution in [1.29, 1.82) is 0 Å². The van der Waals surface area contributed by atoms with E-state index in [9.17, 15) is 4.79 Å². The van der Waals surface area contributed by atoms with Gasteiger partial charge >= 0.3 is 219 Å². The van der Waals surface area contributed by atoms with Crippen LogP contribution in [0.4, 0.5) is 0 Å². The maximum absolute atomic E-state index is 13.1. The SMILES string of the molecule is C=[C](CC(N=C(c1ccccc1)c1ccccc1)C(=O)OC)[Sn]([CH2]CCC)([CH2]CCC)[CH2]CCC. The molecule has 3 nitrogen and oxygen atoms in total. The van der Waals surface area contributed by atoms with Crippen molar-refractivity contribution in [2.75, 3.05) is 7.11 Å². The van der Waals surface area contributed by atoms with Crippen LogP contribution in [0.15, 0.2) is 75.8 Å². The van der Waals surface area contributed by atoms with Crippen LogP contribution in [0.1, 0.15) is 76.8 Å². The molecule has 0 aliphatic rings. The normalized spacial score (nSPS) is 12.1. The molecule has 1 unspecified atom stereocenters. The summed E-state index contributed by atoms with van der Waals surface area (Å²) in [5.41, 5.74) is 2.86. The van der Waals surface area contributed by atoms with Crippen molar-refractivity contribution in [3.05, 3.63) is 82.0 Å². The third-order valence-corrected chi connectivity index (χ3v) is 23.2. The number of aliphatic imine (C=N–C) groups is 1. The van der Waals surface area contributed by atoms with Crippen molar-refractivity contribution in [3.63, 3.8) is 0 Å². The van der Waals surface area contributed by atoms with Crippen molar-refractivity contribution in [1.82, 2.24) is 0 Å². The van der Waals surface area contributed by atoms with Gasteiger partial charge in [-0.05, 0) is 0 Å². The standard InChI is InChI=1S/C19H18NO2.3C4H9.Sn/c1-3-10-17(19(21)22-2)20-18(15-11-6-4-7-12-15)16-13-8-5-9-14-16;3*1-3-4-2;/h4-9,11-14,17H,1,10H2,2H3;3*1,3-4H2,2H3;. The molecule has 0 N–H and O–H groups in total. The molecule has 0 aliphatic carbocycles. The Morgan fingerprint density at radius 1 is 0.829 bits per heavy atom. The van der Waals surface area contributed by atoms with Gasteiger partial charge in [-0.3, -0.25) is 0 Å². The Hall–Kier alpha value is -1.88. The first kappa shape index (κ1) is 29.3. The van der Waals surface area contributed by atoms with Crippen LogP contribution in [-0.2, 0) is 9.53 Å². The number of unbranched alkanes of at least 4 members (excludes halogenated alkanes) is 3. The maximum atomic E-state index is 13.1. The van der Waals surface area contributed by atoms with E-state index in [0.717, 1.165) is 16.8 Å². The van der Waals surface area contributed by atoms with Gasteiger partial charge in [0.15, 0.2) is 0 Å². The van der Waals surface area contributed by atoms with Crippen LogP contribution in [-0.4, -0.2) is 43.2 Å². The van der Waals surface area contributed by atoms with Crippen molar-refractivity contribution in [2.24, 2.45) is 4.99 Å². The Bertz CT molecular complexity index is 860. The van der Waals surface area contributed by atoms with E-state index in [2.05, 4.69) is 45.0 Å². The van der Waals surface area contributed by atoms with Crippen molar-refractivity contribution >= 4 is 30.1 Å². The summed E-state index contributed by atoms with van der Waals surface area (Å²) in [5, 5.41) is 0. The number of hydrogen-bond donors (Lipinski definition) is 0. The Kier molecular flexibility index (Phi) is 13.4. The molecule has 35 heavy (non-hydrogen) atoms. The first-order valence-electron chi connectivity index (χ1n) is 13.5. The van der Waals surface area contributed by atoms with E-state index >= 15 is 0 Å². The van der Waals surface area contributed by atoms with Crippen LogP contribution >= 0.6 is 0 Å². The number of esters is 1. The van der Waals surface area contributed by atoms with Gasteiger partial charge < -0.3 is 0 Å². The van der Waals surface area contributed by atoms with Gasteiger partial charge in [-0.2, -0.15) is 0 Å². The van der Waals surface area contributed by atoms with E-state index in [-0.39, 0.29) is 5.97 Å². The van der Waals surface area contributed by atoms with E-state index in [4.69, 9.17) is 16.3 Å². The summed E-state index contributed by atoms with van der Waals surface area (Å²) in [5.74, 6) is -0.267. The molecule has 0 radical (unpaired) electrons. The van der Waals surface area contributed by atoms with Gasteiger partial charge in [-0.1, -0.05) is 0 Å². The van der Waals surface area contributed by atoms with Crippen LogP contribution in [0.2, 0.25) is 13.3 Å². The number of benzene rings is 2. The molecular formula is C31H45NO2Sn. The van der Waals surface area contributed by atoms with Crippen LogP contribution in [0.25, 0.3) is 0 Å². The van der Waals surface area contributed by atoms with Gasteiger partial charge in [0.05, 0.1) is 0 Å². The Morgan fingerprint density at radius 2 is 1.26 bits per heavy atom. The summed E-state index contributed by atoms with van der Waals surface area (Å²) < 4.78 is 10.7. The summed E-state index contributed by atoms with van der Waals surface area (Å²) in [6, 6.07) is 19.7. The second kappa shape index (κ2) is 16.0. The molecule has 0 amide bonds. The molecule has 0 saturated carbocycles. The molecule has 1 atom stereocenters. The van der Waals surface area contributed by atoms with Crippen LogP contribution in [0, 0.1) is 0 Å². The third-order valence-electron chi connectivity index (χ3n) is 7.07. The predicted molar refractivity (Wildman–Crippen MR) is 153 cm³/mol. The van der Waals surface area contributed by atoms with E-state index in [1.54, 1.807) is 0 Å². The molecule has 190 valence electrons. The molecule has 4 heteroatoms. The molecule has 0 aromatic heterocycles. The number of rotatable bonds is 16. The molecule has 2 rings (SSSR count). The van der Waals surface area contributed by atoms with Crippen molar-refractivity contribution < 1.29 is 9.53 Å². The zero-order valence-electron chi connectivity index (χ0n) is 22.4. The monoisotopic (exact) mass is 583 g/mol. The fourth-order valence-corrected chi connectivity index (χ4v) is 20.7. The molecule has 0 spiro atoms. The molecule has 2 aromatic carbocycles. The van der Waals surface area contributed by atoms with E-state index in [0.29, 0.717) is 6.42 Å². The zero-order valence-corrected chi connectivity index (χ0v) is 25.2. The Morgan fingerprint density at radius 3 is 1.63 bits per heavy atom. The molecule has 0 aliphatic heterocycles. The molecule has 0 heterocycles. The van der Waals surface area contributed by atoms with Crippen LogP contribution < -0.4 is 0 Å². The first-order valence-corrected chi connectivity index (χ1v) is 20.9. The van der Waals surface area contributed by atoms with Crippen LogP contribution in [0.5, 0.6) is 0 Å². The van der Waals surface area contributed by atoms with E-state index < -0.39 is 24.4 Å².